The molecular formula is C12H18N6. The Morgan fingerprint density at radius 1 is 1.39 bits per heavy atom. The van der Waals surface area contributed by atoms with E-state index in [1.165, 1.54) is 5.56 Å². The van der Waals surface area contributed by atoms with Gasteiger partial charge in [0.25, 0.3) is 0 Å². The minimum atomic E-state index is 0.191. The zero-order valence-corrected chi connectivity index (χ0v) is 10.4. The lowest BCUT2D eigenvalue weighted by molar-refractivity contribution is 0.457. The van der Waals surface area contributed by atoms with Crippen molar-refractivity contribution in [1.82, 2.24) is 16.2 Å². The first kappa shape index (κ1) is 11.5. The van der Waals surface area contributed by atoms with Crippen LogP contribution in [0.2, 0.25) is 0 Å². The van der Waals surface area contributed by atoms with E-state index in [-0.39, 0.29) is 12.1 Å². The van der Waals surface area contributed by atoms with Gasteiger partial charge < -0.3 is 5.43 Å². The Hall–Kier alpha value is -1.63. The first-order valence-corrected chi connectivity index (χ1v) is 6.13. The van der Waals surface area contributed by atoms with Crippen molar-refractivity contribution in [2.24, 2.45) is 16.8 Å². The van der Waals surface area contributed by atoms with E-state index in [0.29, 0.717) is 6.67 Å². The van der Waals surface area contributed by atoms with E-state index in [9.17, 15) is 0 Å². The van der Waals surface area contributed by atoms with Crippen LogP contribution in [0.4, 0.5) is 5.69 Å². The molecule has 0 spiro atoms. The van der Waals surface area contributed by atoms with Crippen LogP contribution in [-0.4, -0.2) is 25.2 Å². The van der Waals surface area contributed by atoms with E-state index >= 15 is 0 Å². The molecule has 1 aromatic rings. The molecule has 96 valence electrons. The van der Waals surface area contributed by atoms with Crippen molar-refractivity contribution in [3.8, 4) is 0 Å². The fourth-order valence-electron chi connectivity index (χ4n) is 2.52. The van der Waals surface area contributed by atoms with Gasteiger partial charge in [-0.15, -0.1) is 0 Å². The zero-order chi connectivity index (χ0) is 12.5. The van der Waals surface area contributed by atoms with E-state index in [0.717, 1.165) is 18.1 Å². The monoisotopic (exact) mass is 246 g/mol. The molecule has 2 aliphatic heterocycles. The molecule has 6 nitrogen and oxygen atoms in total. The average molecular weight is 246 g/mol. The van der Waals surface area contributed by atoms with Gasteiger partial charge in [-0.3, -0.25) is 15.3 Å². The summed E-state index contributed by atoms with van der Waals surface area (Å²) in [5.74, 6) is 6.62. The van der Waals surface area contributed by atoms with Crippen molar-refractivity contribution < 1.29 is 0 Å². The predicted molar refractivity (Wildman–Crippen MR) is 71.7 cm³/mol. The topological polar surface area (TPSA) is 77.7 Å². The third kappa shape index (κ3) is 1.84. The fourth-order valence-corrected chi connectivity index (χ4v) is 2.52. The maximum atomic E-state index is 5.51. The second-order valence-electron chi connectivity index (χ2n) is 4.67. The van der Waals surface area contributed by atoms with E-state index in [4.69, 9.17) is 5.84 Å². The molecule has 0 aliphatic carbocycles. The number of hydrogen-bond donors (Lipinski definition) is 4. The van der Waals surface area contributed by atoms with Gasteiger partial charge in [0.15, 0.2) is 0 Å². The Bertz CT molecular complexity index is 454. The number of nitrogens with one attached hydrogen (secondary N) is 3. The number of amidine groups is 1. The molecule has 0 bridgehead atoms. The molecule has 2 atom stereocenters. The zero-order valence-electron chi connectivity index (χ0n) is 10.4. The van der Waals surface area contributed by atoms with Gasteiger partial charge in [-0.25, -0.2) is 11.3 Å². The highest BCUT2D eigenvalue weighted by molar-refractivity contribution is 5.86. The van der Waals surface area contributed by atoms with Crippen LogP contribution >= 0.6 is 0 Å². The summed E-state index contributed by atoms with van der Waals surface area (Å²) < 4.78 is 0. The maximum absolute atomic E-state index is 5.51. The Labute approximate surface area is 106 Å². The quantitative estimate of drug-likeness (QED) is 0.404. The molecule has 6 heteroatoms. The van der Waals surface area contributed by atoms with Crippen LogP contribution in [0.15, 0.2) is 29.3 Å². The van der Waals surface area contributed by atoms with Crippen LogP contribution in [0.3, 0.4) is 0 Å². The van der Waals surface area contributed by atoms with Crippen molar-refractivity contribution >= 4 is 11.5 Å². The number of anilines is 1. The summed E-state index contributed by atoms with van der Waals surface area (Å²) in [5.41, 5.74) is 8.51. The molecule has 0 aromatic heterocycles. The lowest BCUT2D eigenvalue weighted by Gasteiger charge is -2.32. The standard InChI is InChI=1S/C12H18N6/c1-8-2-4-9(5-3-8)18-12-10(6-16-18)11(17-13)14-7-15-12/h2-5,10,12,15-16H,6-7,13H2,1H3,(H,14,17). The molecule has 1 fully saturated rings. The van der Waals surface area contributed by atoms with Gasteiger partial charge in [-0.1, -0.05) is 17.7 Å². The van der Waals surface area contributed by atoms with Crippen molar-refractivity contribution in [1.29, 1.82) is 0 Å². The fraction of sp³-hybridized carbons (Fsp3) is 0.417. The third-order valence-electron chi connectivity index (χ3n) is 3.50. The van der Waals surface area contributed by atoms with Gasteiger partial charge in [-0.05, 0) is 19.1 Å². The van der Waals surface area contributed by atoms with Crippen LogP contribution in [0.25, 0.3) is 0 Å². The normalized spacial score (nSPS) is 26.8. The third-order valence-corrected chi connectivity index (χ3v) is 3.50. The number of benzene rings is 1. The number of hydrogen-bond acceptors (Lipinski definition) is 6. The van der Waals surface area contributed by atoms with E-state index < -0.39 is 0 Å². The number of rotatable bonds is 1. The summed E-state index contributed by atoms with van der Waals surface area (Å²) in [5, 5.41) is 5.54. The Morgan fingerprint density at radius 2 is 2.17 bits per heavy atom. The van der Waals surface area contributed by atoms with Gasteiger partial charge in [0.1, 0.15) is 12.0 Å². The summed E-state index contributed by atoms with van der Waals surface area (Å²) in [4.78, 5) is 4.34. The second kappa shape index (κ2) is 4.56. The van der Waals surface area contributed by atoms with Crippen LogP contribution in [0.5, 0.6) is 0 Å². The molecule has 1 aromatic carbocycles. The van der Waals surface area contributed by atoms with E-state index in [1.54, 1.807) is 0 Å². The first-order chi connectivity index (χ1) is 8.79. The van der Waals surface area contributed by atoms with E-state index in [2.05, 4.69) is 57.4 Å². The first-order valence-electron chi connectivity index (χ1n) is 6.13. The van der Waals surface area contributed by atoms with Gasteiger partial charge in [0.2, 0.25) is 0 Å². The molecule has 2 aliphatic rings. The number of nitrogens with two attached hydrogens (primary N) is 1. The molecular weight excluding hydrogens is 228 g/mol. The molecule has 2 heterocycles. The highest BCUT2D eigenvalue weighted by Crippen LogP contribution is 2.24. The van der Waals surface area contributed by atoms with Crippen LogP contribution < -0.4 is 27.0 Å². The SMILES string of the molecule is Cc1ccc(N2NCC3C(NN)=NCNC32)cc1. The highest BCUT2D eigenvalue weighted by atomic mass is 15.6. The van der Waals surface area contributed by atoms with Crippen molar-refractivity contribution in [3.05, 3.63) is 29.8 Å². The smallest absolute Gasteiger partial charge is 0.120 e. The number of nitrogens with zero attached hydrogens (tertiary/aromatic N) is 2. The molecule has 0 amide bonds. The molecule has 2 unspecified atom stereocenters. The average Bonchev–Trinajstić information content (AvgIpc) is 2.83. The molecule has 5 N–H and O–H groups in total. The van der Waals surface area contributed by atoms with Crippen molar-refractivity contribution in [3.63, 3.8) is 0 Å². The van der Waals surface area contributed by atoms with Gasteiger partial charge in [0.05, 0.1) is 18.3 Å². The Balaban J connectivity index is 1.84. The summed E-state index contributed by atoms with van der Waals surface area (Å²) >= 11 is 0. The highest BCUT2D eigenvalue weighted by Gasteiger charge is 2.39. The summed E-state index contributed by atoms with van der Waals surface area (Å²) in [6.07, 6.45) is 0.191. The maximum Gasteiger partial charge on any atom is 0.120 e. The van der Waals surface area contributed by atoms with Crippen molar-refractivity contribution in [2.75, 3.05) is 18.2 Å². The van der Waals surface area contributed by atoms with Gasteiger partial charge >= 0.3 is 0 Å². The molecule has 1 saturated heterocycles. The molecule has 18 heavy (non-hydrogen) atoms. The number of hydrazine groups is 2. The lowest BCUT2D eigenvalue weighted by atomic mass is 10.0. The molecule has 3 rings (SSSR count). The minimum Gasteiger partial charge on any atom is -0.312 e. The second-order valence-corrected chi connectivity index (χ2v) is 4.67. The van der Waals surface area contributed by atoms with Crippen LogP contribution in [0, 0.1) is 12.8 Å². The minimum absolute atomic E-state index is 0.191. The molecule has 0 saturated carbocycles. The largest absolute Gasteiger partial charge is 0.312 e. The van der Waals surface area contributed by atoms with Crippen molar-refractivity contribution in [2.45, 2.75) is 13.1 Å². The van der Waals surface area contributed by atoms with Gasteiger partial charge in [-0.2, -0.15) is 0 Å². The van der Waals surface area contributed by atoms with Gasteiger partial charge in [0, 0.05) is 6.54 Å². The summed E-state index contributed by atoms with van der Waals surface area (Å²) in [7, 11) is 0. The predicted octanol–water partition coefficient (Wildman–Crippen LogP) is -0.316. The number of aryl methyl sites for hydroxylation is 1. The van der Waals surface area contributed by atoms with Crippen LogP contribution in [-0.2, 0) is 0 Å². The summed E-state index contributed by atoms with van der Waals surface area (Å²) in [6.45, 7) is 3.51. The van der Waals surface area contributed by atoms with Crippen LogP contribution in [0.1, 0.15) is 5.56 Å². The summed E-state index contributed by atoms with van der Waals surface area (Å²) in [6, 6.07) is 8.47. The Kier molecular flexibility index (Phi) is 2.91. The number of fused-ring (bicyclic) bond motifs is 1. The Morgan fingerprint density at radius 3 is 2.89 bits per heavy atom. The number of aliphatic imine (C=N–C) groups is 1. The lowest BCUT2D eigenvalue weighted by Crippen LogP contribution is -2.55. The van der Waals surface area contributed by atoms with E-state index in [1.807, 2.05) is 0 Å². The molecule has 0 radical (unpaired) electrons.